The van der Waals surface area contributed by atoms with Crippen LogP contribution in [0.4, 0.5) is 18.9 Å². The number of hydrogen-bond donors (Lipinski definition) is 1. The molecule has 21 heavy (non-hydrogen) atoms. The van der Waals surface area contributed by atoms with Crippen molar-refractivity contribution in [3.8, 4) is 0 Å². The third-order valence-electron chi connectivity index (χ3n) is 2.24. The Morgan fingerprint density at radius 2 is 1.81 bits per heavy atom. The van der Waals surface area contributed by atoms with Gasteiger partial charge < -0.3 is 14.8 Å². The van der Waals surface area contributed by atoms with Crippen LogP contribution in [0.2, 0.25) is 0 Å². The third kappa shape index (κ3) is 3.97. The fraction of sp³-hybridized carbons (Fsp3) is 0.167. The van der Waals surface area contributed by atoms with E-state index in [4.69, 9.17) is 0 Å². The Kier molecular flexibility index (Phi) is 5.77. The predicted octanol–water partition coefficient (Wildman–Crippen LogP) is 2.51. The van der Waals surface area contributed by atoms with Gasteiger partial charge in [-0.25, -0.2) is 22.8 Å². The highest BCUT2D eigenvalue weighted by atomic mass is 79.9. The SMILES string of the molecule is COC(=O)/C=C(/Nc1cc(F)c(F)c(Br)c1F)C(=O)OC. The van der Waals surface area contributed by atoms with E-state index in [0.29, 0.717) is 12.1 Å². The summed E-state index contributed by atoms with van der Waals surface area (Å²) in [6.07, 6.45) is 0.681. The maximum absolute atomic E-state index is 13.8. The number of esters is 2. The molecule has 0 fully saturated rings. The summed E-state index contributed by atoms with van der Waals surface area (Å²) < 4.78 is 48.1. The van der Waals surface area contributed by atoms with E-state index in [9.17, 15) is 22.8 Å². The van der Waals surface area contributed by atoms with Crippen molar-refractivity contribution in [1.29, 1.82) is 0 Å². The van der Waals surface area contributed by atoms with Crippen LogP contribution in [0.25, 0.3) is 0 Å². The van der Waals surface area contributed by atoms with Gasteiger partial charge in [-0.05, 0) is 15.9 Å². The first-order valence-electron chi connectivity index (χ1n) is 5.29. The van der Waals surface area contributed by atoms with E-state index >= 15 is 0 Å². The molecule has 0 saturated carbocycles. The van der Waals surface area contributed by atoms with E-state index in [1.54, 1.807) is 0 Å². The molecule has 0 aliphatic carbocycles. The molecule has 0 radical (unpaired) electrons. The van der Waals surface area contributed by atoms with E-state index in [1.165, 1.54) is 0 Å². The zero-order valence-electron chi connectivity index (χ0n) is 10.8. The van der Waals surface area contributed by atoms with Crippen LogP contribution >= 0.6 is 15.9 Å². The average molecular weight is 368 g/mol. The van der Waals surface area contributed by atoms with Gasteiger partial charge in [0, 0.05) is 6.07 Å². The molecule has 0 heterocycles. The quantitative estimate of drug-likeness (QED) is 0.383. The number of carbonyl (C=O) groups excluding carboxylic acids is 2. The molecule has 9 heteroatoms. The molecule has 0 aliphatic rings. The van der Waals surface area contributed by atoms with E-state index in [0.717, 1.165) is 14.2 Å². The Balaban J connectivity index is 3.25. The average Bonchev–Trinajstić information content (AvgIpc) is 2.48. The topological polar surface area (TPSA) is 64.6 Å². The summed E-state index contributed by atoms with van der Waals surface area (Å²) in [5.41, 5.74) is -1.08. The lowest BCUT2D eigenvalue weighted by Gasteiger charge is -2.11. The second-order valence-corrected chi connectivity index (χ2v) is 4.34. The molecule has 0 amide bonds. The molecule has 1 N–H and O–H groups in total. The number of halogens is 4. The molecule has 0 atom stereocenters. The monoisotopic (exact) mass is 367 g/mol. The predicted molar refractivity (Wildman–Crippen MR) is 69.8 cm³/mol. The lowest BCUT2D eigenvalue weighted by molar-refractivity contribution is -0.138. The van der Waals surface area contributed by atoms with Gasteiger partial charge in [-0.2, -0.15) is 0 Å². The van der Waals surface area contributed by atoms with Crippen LogP contribution in [-0.2, 0) is 19.1 Å². The van der Waals surface area contributed by atoms with Crippen molar-refractivity contribution in [2.75, 3.05) is 19.5 Å². The number of nitrogens with one attached hydrogen (secondary N) is 1. The van der Waals surface area contributed by atoms with Gasteiger partial charge in [-0.1, -0.05) is 0 Å². The smallest absolute Gasteiger partial charge is 0.354 e. The lowest BCUT2D eigenvalue weighted by atomic mass is 10.2. The van der Waals surface area contributed by atoms with Gasteiger partial charge >= 0.3 is 11.9 Å². The Morgan fingerprint density at radius 1 is 1.19 bits per heavy atom. The Morgan fingerprint density at radius 3 is 2.33 bits per heavy atom. The van der Waals surface area contributed by atoms with E-state index in [-0.39, 0.29) is 0 Å². The summed E-state index contributed by atoms with van der Waals surface area (Å²) >= 11 is 2.53. The van der Waals surface area contributed by atoms with Gasteiger partial charge in [0.25, 0.3) is 0 Å². The maximum Gasteiger partial charge on any atom is 0.354 e. The van der Waals surface area contributed by atoms with Crippen LogP contribution in [0.1, 0.15) is 0 Å². The Hall–Kier alpha value is -2.03. The fourth-order valence-electron chi connectivity index (χ4n) is 1.24. The van der Waals surface area contributed by atoms with Crippen LogP contribution in [0.5, 0.6) is 0 Å². The summed E-state index contributed by atoms with van der Waals surface area (Å²) in [5.74, 6) is -5.91. The number of rotatable bonds is 4. The molecule has 1 aromatic rings. The Bertz CT molecular complexity index is 619. The van der Waals surface area contributed by atoms with Gasteiger partial charge in [0.2, 0.25) is 0 Å². The minimum atomic E-state index is -1.42. The van der Waals surface area contributed by atoms with Gasteiger partial charge in [-0.15, -0.1) is 0 Å². The second kappa shape index (κ2) is 7.11. The summed E-state index contributed by atoms with van der Waals surface area (Å²) in [5, 5.41) is 2.15. The van der Waals surface area contributed by atoms with Crippen molar-refractivity contribution in [3.05, 3.63) is 39.8 Å². The van der Waals surface area contributed by atoms with E-state index in [1.807, 2.05) is 0 Å². The van der Waals surface area contributed by atoms with Crippen molar-refractivity contribution < 1.29 is 32.2 Å². The highest BCUT2D eigenvalue weighted by Gasteiger charge is 2.20. The molecule has 0 saturated heterocycles. The minimum Gasteiger partial charge on any atom is -0.466 e. The standard InChI is InChI=1S/C12H9BrF3NO4/c1-20-8(18)4-7(12(19)21-2)17-6-3-5(14)10(15)9(13)11(6)16/h3-4,17H,1-2H3/b7-4+. The molecule has 0 aromatic heterocycles. The van der Waals surface area contributed by atoms with E-state index in [2.05, 4.69) is 30.7 Å². The second-order valence-electron chi connectivity index (χ2n) is 3.55. The molecule has 0 bridgehead atoms. The summed E-state index contributed by atoms with van der Waals surface area (Å²) in [4.78, 5) is 22.6. The van der Waals surface area contributed by atoms with Crippen LogP contribution < -0.4 is 5.32 Å². The molecule has 0 unspecified atom stereocenters. The molecule has 1 aromatic carbocycles. The zero-order valence-corrected chi connectivity index (χ0v) is 12.4. The minimum absolute atomic E-state index is 0.490. The molecule has 114 valence electrons. The number of benzene rings is 1. The third-order valence-corrected chi connectivity index (χ3v) is 2.94. The molecule has 5 nitrogen and oxygen atoms in total. The summed E-state index contributed by atoms with van der Waals surface area (Å²) in [7, 11) is 2.08. The molecule has 0 spiro atoms. The van der Waals surface area contributed by atoms with Crippen molar-refractivity contribution >= 4 is 33.6 Å². The number of carbonyl (C=O) groups is 2. The number of hydrogen-bond acceptors (Lipinski definition) is 5. The number of ether oxygens (including phenoxy) is 2. The Labute approximate surface area is 125 Å². The maximum atomic E-state index is 13.8. The summed E-state index contributed by atoms with van der Waals surface area (Å²) in [6, 6.07) is 0.490. The van der Waals surface area contributed by atoms with Gasteiger partial charge in [-0.3, -0.25) is 0 Å². The van der Waals surface area contributed by atoms with Crippen LogP contribution in [-0.4, -0.2) is 26.2 Å². The highest BCUT2D eigenvalue weighted by Crippen LogP contribution is 2.29. The van der Waals surface area contributed by atoms with Crippen molar-refractivity contribution in [1.82, 2.24) is 0 Å². The first-order valence-corrected chi connectivity index (χ1v) is 6.09. The normalized spacial score (nSPS) is 11.0. The van der Waals surface area contributed by atoms with Gasteiger partial charge in [0.15, 0.2) is 17.5 Å². The molecular formula is C12H9BrF3NO4. The van der Waals surface area contributed by atoms with Crippen LogP contribution in [0.3, 0.4) is 0 Å². The fourth-order valence-corrected chi connectivity index (χ4v) is 1.64. The number of anilines is 1. The molecular weight excluding hydrogens is 359 g/mol. The van der Waals surface area contributed by atoms with Crippen LogP contribution in [0.15, 0.2) is 22.3 Å². The van der Waals surface area contributed by atoms with Crippen LogP contribution in [0, 0.1) is 17.5 Å². The first-order chi connectivity index (χ1) is 9.81. The van der Waals surface area contributed by atoms with Gasteiger partial charge in [0.05, 0.1) is 30.5 Å². The van der Waals surface area contributed by atoms with Crippen molar-refractivity contribution in [3.63, 3.8) is 0 Å². The molecule has 0 aliphatic heterocycles. The van der Waals surface area contributed by atoms with E-state index < -0.39 is 45.2 Å². The number of methoxy groups -OCH3 is 2. The van der Waals surface area contributed by atoms with Gasteiger partial charge in [0.1, 0.15) is 5.70 Å². The molecule has 1 rings (SSSR count). The zero-order chi connectivity index (χ0) is 16.2. The first kappa shape index (κ1) is 17.0. The lowest BCUT2D eigenvalue weighted by Crippen LogP contribution is -2.16. The van der Waals surface area contributed by atoms with Crippen molar-refractivity contribution in [2.24, 2.45) is 0 Å². The van der Waals surface area contributed by atoms with Crippen molar-refractivity contribution in [2.45, 2.75) is 0 Å². The largest absolute Gasteiger partial charge is 0.466 e. The highest BCUT2D eigenvalue weighted by molar-refractivity contribution is 9.10. The summed E-state index contributed by atoms with van der Waals surface area (Å²) in [6.45, 7) is 0.